The number of ether oxygens (including phenoxy) is 1. The van der Waals surface area contributed by atoms with Gasteiger partial charge in [0.05, 0.1) is 6.67 Å². The summed E-state index contributed by atoms with van der Waals surface area (Å²) < 4.78 is 18.6. The number of phenolic OH excluding ortho intramolecular Hbond substituents is 2. The molecule has 0 aromatic heterocycles. The second-order valence-corrected chi connectivity index (χ2v) is 10.8. The lowest BCUT2D eigenvalue weighted by atomic mass is 9.86. The lowest BCUT2D eigenvalue weighted by molar-refractivity contribution is 0.259. The van der Waals surface area contributed by atoms with Gasteiger partial charge in [-0.3, -0.25) is 4.39 Å². The van der Waals surface area contributed by atoms with Crippen molar-refractivity contribution in [3.63, 3.8) is 0 Å². The lowest BCUT2D eigenvalue weighted by Crippen LogP contribution is -2.19. The van der Waals surface area contributed by atoms with Crippen LogP contribution in [-0.2, 0) is 0 Å². The Labute approximate surface area is 238 Å². The second-order valence-electron chi connectivity index (χ2n) is 10.8. The van der Waals surface area contributed by atoms with Gasteiger partial charge in [-0.1, -0.05) is 80.7 Å². The molecule has 0 saturated heterocycles. The first-order chi connectivity index (χ1) is 19.5. The van der Waals surface area contributed by atoms with Crippen LogP contribution < -0.4 is 4.74 Å². The molecule has 3 aromatic rings. The first kappa shape index (κ1) is 29.4. The van der Waals surface area contributed by atoms with Crippen molar-refractivity contribution in [1.82, 2.24) is 4.90 Å². The summed E-state index contributed by atoms with van der Waals surface area (Å²) in [7, 11) is 2.16. The normalized spacial score (nSPS) is 15.1. The number of unbranched alkanes of at least 4 members (excludes halogenated alkanes) is 6. The van der Waals surface area contributed by atoms with E-state index in [1.54, 1.807) is 24.3 Å². The van der Waals surface area contributed by atoms with Crippen molar-refractivity contribution in [2.45, 2.75) is 58.0 Å². The molecule has 0 spiro atoms. The summed E-state index contributed by atoms with van der Waals surface area (Å²) in [6.45, 7) is 3.83. The first-order valence-corrected chi connectivity index (χ1v) is 14.5. The highest BCUT2D eigenvalue weighted by molar-refractivity contribution is 5.95. The SMILES string of the molecule is CC1=C(c2cccc(O)c2)C(c2ccc(/C=C\CN(C)CCCCCCCCCF)cc2)Oc2ccc(O)cc21. The van der Waals surface area contributed by atoms with Crippen LogP contribution >= 0.6 is 0 Å². The van der Waals surface area contributed by atoms with Gasteiger partial charge in [0.2, 0.25) is 0 Å². The molecule has 4 nitrogen and oxygen atoms in total. The number of likely N-dealkylation sites (N-methyl/N-ethyl adjacent to an activating group) is 1. The molecule has 1 heterocycles. The molecule has 1 aliphatic rings. The van der Waals surface area contributed by atoms with Crippen LogP contribution in [0.5, 0.6) is 17.2 Å². The molecular weight excluding hydrogens is 501 g/mol. The second kappa shape index (κ2) is 14.7. The number of halogens is 1. The fraction of sp³-hybridized carbons (Fsp3) is 0.371. The minimum Gasteiger partial charge on any atom is -0.508 e. The van der Waals surface area contributed by atoms with Gasteiger partial charge in [0, 0.05) is 17.7 Å². The van der Waals surface area contributed by atoms with Crippen LogP contribution in [0.4, 0.5) is 4.39 Å². The summed E-state index contributed by atoms with van der Waals surface area (Å²) in [5.74, 6) is 1.13. The van der Waals surface area contributed by atoms with Crippen LogP contribution in [0.1, 0.15) is 80.2 Å². The third kappa shape index (κ3) is 7.98. The van der Waals surface area contributed by atoms with Gasteiger partial charge in [-0.05, 0) is 86.0 Å². The minimum atomic E-state index is -0.341. The van der Waals surface area contributed by atoms with Crippen LogP contribution in [0.15, 0.2) is 72.8 Å². The van der Waals surface area contributed by atoms with Crippen molar-refractivity contribution in [2.24, 2.45) is 0 Å². The van der Waals surface area contributed by atoms with Gasteiger partial charge in [0.15, 0.2) is 0 Å². The molecule has 4 rings (SSSR count). The monoisotopic (exact) mass is 543 g/mol. The summed E-state index contributed by atoms with van der Waals surface area (Å²) in [5.41, 5.74) is 5.88. The van der Waals surface area contributed by atoms with E-state index >= 15 is 0 Å². The summed E-state index contributed by atoms with van der Waals surface area (Å²) in [5, 5.41) is 20.3. The zero-order valence-corrected chi connectivity index (χ0v) is 23.8. The van der Waals surface area contributed by atoms with Crippen LogP contribution in [0.2, 0.25) is 0 Å². The topological polar surface area (TPSA) is 52.9 Å². The third-order valence-electron chi connectivity index (χ3n) is 7.58. The van der Waals surface area contributed by atoms with E-state index in [4.69, 9.17) is 4.74 Å². The number of aromatic hydroxyl groups is 2. The quantitative estimate of drug-likeness (QED) is 0.200. The number of phenols is 2. The molecule has 1 atom stereocenters. The largest absolute Gasteiger partial charge is 0.508 e. The fourth-order valence-corrected chi connectivity index (χ4v) is 5.32. The maximum atomic E-state index is 12.1. The van der Waals surface area contributed by atoms with E-state index in [9.17, 15) is 14.6 Å². The number of hydrogen-bond acceptors (Lipinski definition) is 4. The van der Waals surface area contributed by atoms with Gasteiger partial charge in [0.1, 0.15) is 23.4 Å². The Morgan fingerprint density at radius 2 is 1.55 bits per heavy atom. The lowest BCUT2D eigenvalue weighted by Gasteiger charge is -2.31. The highest BCUT2D eigenvalue weighted by Gasteiger charge is 2.29. The number of fused-ring (bicyclic) bond motifs is 1. The number of nitrogens with zero attached hydrogens (tertiary/aromatic N) is 1. The number of hydrogen-bond donors (Lipinski definition) is 2. The Hall–Kier alpha value is -3.57. The Bertz CT molecular complexity index is 1300. The van der Waals surface area contributed by atoms with E-state index in [-0.39, 0.29) is 24.3 Å². The molecule has 5 heteroatoms. The smallest absolute Gasteiger partial charge is 0.150 e. The first-order valence-electron chi connectivity index (χ1n) is 14.5. The van der Waals surface area contributed by atoms with Crippen LogP contribution in [0.25, 0.3) is 17.2 Å². The number of alkyl halides is 1. The molecule has 2 N–H and O–H groups in total. The van der Waals surface area contributed by atoms with Gasteiger partial charge in [-0.25, -0.2) is 0 Å². The summed E-state index contributed by atoms with van der Waals surface area (Å²) in [6.07, 6.45) is 11.8. The summed E-state index contributed by atoms with van der Waals surface area (Å²) >= 11 is 0. The van der Waals surface area contributed by atoms with E-state index in [2.05, 4.69) is 48.4 Å². The van der Waals surface area contributed by atoms with Crippen LogP contribution in [0.3, 0.4) is 0 Å². The van der Waals surface area contributed by atoms with Gasteiger partial charge in [-0.15, -0.1) is 0 Å². The van der Waals surface area contributed by atoms with Gasteiger partial charge in [0.25, 0.3) is 0 Å². The van der Waals surface area contributed by atoms with E-state index in [1.807, 2.05) is 25.1 Å². The third-order valence-corrected chi connectivity index (χ3v) is 7.58. The fourth-order valence-electron chi connectivity index (χ4n) is 5.32. The zero-order valence-electron chi connectivity index (χ0n) is 23.8. The Balaban J connectivity index is 1.38. The maximum absolute atomic E-state index is 12.1. The van der Waals surface area contributed by atoms with Crippen molar-refractivity contribution in [2.75, 3.05) is 26.8 Å². The van der Waals surface area contributed by atoms with Gasteiger partial charge < -0.3 is 19.8 Å². The highest BCUT2D eigenvalue weighted by Crippen LogP contribution is 2.47. The summed E-state index contributed by atoms with van der Waals surface area (Å²) in [4.78, 5) is 2.34. The average molecular weight is 544 g/mol. The Morgan fingerprint density at radius 1 is 0.850 bits per heavy atom. The molecule has 40 heavy (non-hydrogen) atoms. The Kier molecular flexibility index (Phi) is 10.8. The molecule has 0 saturated carbocycles. The van der Waals surface area contributed by atoms with Crippen LogP contribution in [0, 0.1) is 0 Å². The van der Waals surface area contributed by atoms with E-state index in [0.717, 1.165) is 65.1 Å². The predicted octanol–water partition coefficient (Wildman–Crippen LogP) is 8.81. The molecule has 0 radical (unpaired) electrons. The highest BCUT2D eigenvalue weighted by atomic mass is 19.1. The van der Waals surface area contributed by atoms with Crippen molar-refractivity contribution in [3.8, 4) is 17.2 Å². The average Bonchev–Trinajstić information content (AvgIpc) is 2.95. The Morgan fingerprint density at radius 3 is 2.27 bits per heavy atom. The number of allylic oxidation sites excluding steroid dienone is 1. The van der Waals surface area contributed by atoms with Gasteiger partial charge in [-0.2, -0.15) is 0 Å². The molecular formula is C35H42FNO3. The molecule has 0 bridgehead atoms. The van der Waals surface area contributed by atoms with E-state index in [1.165, 1.54) is 25.7 Å². The molecule has 3 aromatic carbocycles. The van der Waals surface area contributed by atoms with Crippen molar-refractivity contribution in [1.29, 1.82) is 0 Å². The molecule has 1 unspecified atom stereocenters. The maximum Gasteiger partial charge on any atom is 0.150 e. The van der Waals surface area contributed by atoms with Crippen molar-refractivity contribution < 1.29 is 19.3 Å². The van der Waals surface area contributed by atoms with E-state index in [0.29, 0.717) is 6.42 Å². The number of benzene rings is 3. The van der Waals surface area contributed by atoms with E-state index < -0.39 is 0 Å². The summed E-state index contributed by atoms with van der Waals surface area (Å²) in [6, 6.07) is 20.8. The number of rotatable bonds is 14. The molecule has 212 valence electrons. The molecule has 0 amide bonds. The standard InChI is InChI=1S/C35H42FNO3/c1-26-32-25-31(39)19-20-33(32)40-35(34(26)29-13-10-14-30(38)24-29)28-17-15-27(16-18-28)12-11-23-37(2)22-9-7-5-3-4-6-8-21-36/h10-20,24-25,35,38-39H,3-9,21-23H2,1-2H3/b12-11-. The van der Waals surface area contributed by atoms with Crippen molar-refractivity contribution in [3.05, 3.63) is 95.1 Å². The van der Waals surface area contributed by atoms with Crippen LogP contribution in [-0.4, -0.2) is 41.9 Å². The zero-order chi connectivity index (χ0) is 28.3. The molecule has 0 fully saturated rings. The van der Waals surface area contributed by atoms with Gasteiger partial charge >= 0.3 is 0 Å². The molecule has 0 aliphatic carbocycles. The minimum absolute atomic E-state index is 0.183. The predicted molar refractivity (Wildman–Crippen MR) is 163 cm³/mol. The molecule has 1 aliphatic heterocycles. The van der Waals surface area contributed by atoms with Crippen molar-refractivity contribution >= 4 is 17.2 Å².